The molecule has 0 radical (unpaired) electrons. The number of nitrogens with zero attached hydrogens (tertiary/aromatic N) is 4. The van der Waals surface area contributed by atoms with Gasteiger partial charge in [0.2, 0.25) is 11.6 Å². The summed E-state index contributed by atoms with van der Waals surface area (Å²) in [5, 5.41) is 12.8. The number of aromatic nitrogens is 5. The molecule has 2 amide bonds. The van der Waals surface area contributed by atoms with Crippen LogP contribution in [0.4, 0.5) is 0 Å². The van der Waals surface area contributed by atoms with Crippen molar-refractivity contribution in [3.05, 3.63) is 182 Å². The van der Waals surface area contributed by atoms with Gasteiger partial charge in [-0.25, -0.2) is 14.6 Å². The molecular formula is C38H31N7O3S. The summed E-state index contributed by atoms with van der Waals surface area (Å²) in [5.74, 6) is -0.904. The number of thiophene rings is 1. The highest BCUT2D eigenvalue weighted by atomic mass is 32.1. The highest BCUT2D eigenvalue weighted by Crippen LogP contribution is 2.40. The van der Waals surface area contributed by atoms with Crippen molar-refractivity contribution in [2.45, 2.75) is 25.6 Å². The molecule has 0 aliphatic heterocycles. The van der Waals surface area contributed by atoms with Gasteiger partial charge >= 0.3 is 0 Å². The second kappa shape index (κ2) is 13.5. The molecule has 49 heavy (non-hydrogen) atoms. The maximum atomic E-state index is 13.4. The van der Waals surface area contributed by atoms with Crippen LogP contribution in [-0.4, -0.2) is 36.5 Å². The number of carbonyl (C=O) groups is 2. The van der Waals surface area contributed by atoms with Gasteiger partial charge in [0.15, 0.2) is 0 Å². The van der Waals surface area contributed by atoms with E-state index in [0.717, 1.165) is 33.4 Å². The Balaban J connectivity index is 1.08. The number of nitrogens with one attached hydrogen (secondary N) is 3. The van der Waals surface area contributed by atoms with Crippen LogP contribution in [0.2, 0.25) is 0 Å². The predicted molar refractivity (Wildman–Crippen MR) is 188 cm³/mol. The first-order valence-corrected chi connectivity index (χ1v) is 16.5. The van der Waals surface area contributed by atoms with Crippen molar-refractivity contribution in [1.29, 1.82) is 0 Å². The predicted octanol–water partition coefficient (Wildman–Crippen LogP) is 5.58. The quantitative estimate of drug-likeness (QED) is 0.163. The molecule has 0 saturated carbocycles. The summed E-state index contributed by atoms with van der Waals surface area (Å²) >= 11 is 1.33. The van der Waals surface area contributed by atoms with Crippen LogP contribution in [0.5, 0.6) is 0 Å². The van der Waals surface area contributed by atoms with Crippen molar-refractivity contribution < 1.29 is 9.59 Å². The fourth-order valence-corrected chi connectivity index (χ4v) is 6.96. The van der Waals surface area contributed by atoms with Crippen LogP contribution in [0.3, 0.4) is 0 Å². The van der Waals surface area contributed by atoms with Crippen molar-refractivity contribution in [3.63, 3.8) is 0 Å². The third kappa shape index (κ3) is 6.15. The molecule has 7 aromatic rings. The van der Waals surface area contributed by atoms with Crippen LogP contribution < -0.4 is 16.2 Å². The first-order chi connectivity index (χ1) is 23.9. The molecule has 3 aromatic heterocycles. The third-order valence-corrected chi connectivity index (χ3v) is 9.34. The minimum absolute atomic E-state index is 0.0366. The third-order valence-electron chi connectivity index (χ3n) is 8.35. The second-order valence-corrected chi connectivity index (χ2v) is 12.4. The lowest BCUT2D eigenvalue weighted by molar-refractivity contribution is 0.0933. The molecule has 0 bridgehead atoms. The molecule has 3 N–H and O–H groups in total. The lowest BCUT2D eigenvalue weighted by Crippen LogP contribution is -2.38. The number of rotatable bonds is 10. The fourth-order valence-electron chi connectivity index (χ4n) is 6.04. The van der Waals surface area contributed by atoms with Crippen LogP contribution in [0.1, 0.15) is 54.6 Å². The van der Waals surface area contributed by atoms with Gasteiger partial charge in [-0.3, -0.25) is 14.4 Å². The summed E-state index contributed by atoms with van der Waals surface area (Å²) < 4.78 is 1.75. The first-order valence-electron chi connectivity index (χ1n) is 15.6. The number of benzene rings is 4. The summed E-state index contributed by atoms with van der Waals surface area (Å²) in [5.41, 5.74) is 4.16. The Morgan fingerprint density at radius 1 is 0.776 bits per heavy atom. The van der Waals surface area contributed by atoms with E-state index in [1.54, 1.807) is 11.0 Å². The average Bonchev–Trinajstić information content (AvgIpc) is 3.79. The number of amides is 2. The molecule has 242 valence electrons. The second-order valence-electron chi connectivity index (χ2n) is 11.5. The van der Waals surface area contributed by atoms with Gasteiger partial charge in [-0.15, -0.1) is 16.4 Å². The zero-order valence-electron chi connectivity index (χ0n) is 26.5. The molecule has 7 rings (SSSR count). The molecule has 11 heteroatoms. The standard InChI is InChI=1S/C38H31N7O3S/c1-25-23-49-37-31(25)34(46)42-33(43-37)36(48)40-22-27-13-11-12-26(20-27)21-39-35(47)32-41-24-45(44-32)38(28-14-5-2-6-15-28,29-16-7-3-8-17-29)30-18-9-4-10-19-30/h2-20,23-24H,21-22H2,1H3,(H,39,47)(H,40,48)(H,42,43,46). The molecule has 0 aliphatic carbocycles. The topological polar surface area (TPSA) is 135 Å². The van der Waals surface area contributed by atoms with Crippen molar-refractivity contribution in [1.82, 2.24) is 35.4 Å². The zero-order chi connectivity index (χ0) is 33.8. The summed E-state index contributed by atoms with van der Waals surface area (Å²) in [6.45, 7) is 2.26. The Morgan fingerprint density at radius 2 is 1.33 bits per heavy atom. The smallest absolute Gasteiger partial charge is 0.291 e. The molecule has 0 saturated heterocycles. The molecule has 0 unspecified atom stereocenters. The van der Waals surface area contributed by atoms with E-state index in [0.29, 0.717) is 10.2 Å². The zero-order valence-corrected chi connectivity index (χ0v) is 27.3. The number of carbonyl (C=O) groups excluding carboxylic acids is 2. The van der Waals surface area contributed by atoms with Crippen molar-refractivity contribution in [3.8, 4) is 0 Å². The molecule has 0 aliphatic rings. The molecule has 0 fully saturated rings. The van der Waals surface area contributed by atoms with E-state index < -0.39 is 17.4 Å². The van der Waals surface area contributed by atoms with Gasteiger partial charge in [0.25, 0.3) is 17.4 Å². The van der Waals surface area contributed by atoms with Crippen molar-refractivity contribution in [2.75, 3.05) is 0 Å². The van der Waals surface area contributed by atoms with E-state index in [1.807, 2.05) is 91.2 Å². The van der Waals surface area contributed by atoms with Crippen LogP contribution in [-0.2, 0) is 18.6 Å². The first kappa shape index (κ1) is 31.4. The summed E-state index contributed by atoms with van der Waals surface area (Å²) in [6.07, 6.45) is 1.60. The van der Waals surface area contributed by atoms with Gasteiger partial charge in [0, 0.05) is 13.1 Å². The number of H-pyrrole nitrogens is 1. The average molecular weight is 666 g/mol. The molecular weight excluding hydrogens is 635 g/mol. The number of fused-ring (bicyclic) bond motifs is 1. The van der Waals surface area contributed by atoms with E-state index in [9.17, 15) is 14.4 Å². The number of aromatic amines is 1. The summed E-state index contributed by atoms with van der Waals surface area (Å²) in [4.78, 5) is 50.6. The largest absolute Gasteiger partial charge is 0.345 e. The van der Waals surface area contributed by atoms with E-state index in [4.69, 9.17) is 5.10 Å². The minimum atomic E-state index is -0.884. The number of hydrogen-bond acceptors (Lipinski definition) is 7. The van der Waals surface area contributed by atoms with E-state index in [2.05, 4.69) is 62.0 Å². The maximum absolute atomic E-state index is 13.4. The van der Waals surface area contributed by atoms with Gasteiger partial charge < -0.3 is 15.6 Å². The lowest BCUT2D eigenvalue weighted by Gasteiger charge is -2.35. The minimum Gasteiger partial charge on any atom is -0.345 e. The molecule has 4 aromatic carbocycles. The number of aryl methyl sites for hydroxylation is 1. The van der Waals surface area contributed by atoms with Gasteiger partial charge in [0.1, 0.15) is 16.7 Å². The van der Waals surface area contributed by atoms with Gasteiger partial charge in [-0.2, -0.15) is 0 Å². The van der Waals surface area contributed by atoms with Crippen LogP contribution >= 0.6 is 11.3 Å². The van der Waals surface area contributed by atoms with Gasteiger partial charge in [0.05, 0.1) is 5.39 Å². The van der Waals surface area contributed by atoms with Gasteiger partial charge in [-0.1, -0.05) is 115 Å². The fraction of sp³-hybridized carbons (Fsp3) is 0.105. The van der Waals surface area contributed by atoms with E-state index in [-0.39, 0.29) is 30.3 Å². The van der Waals surface area contributed by atoms with E-state index >= 15 is 0 Å². The Labute approximate surface area is 285 Å². The van der Waals surface area contributed by atoms with Crippen molar-refractivity contribution in [2.24, 2.45) is 0 Å². The van der Waals surface area contributed by atoms with Gasteiger partial charge in [-0.05, 0) is 45.7 Å². The van der Waals surface area contributed by atoms with Crippen LogP contribution in [0.15, 0.2) is 132 Å². The molecule has 3 heterocycles. The summed E-state index contributed by atoms with van der Waals surface area (Å²) in [7, 11) is 0. The maximum Gasteiger partial charge on any atom is 0.291 e. The molecule has 10 nitrogen and oxygen atoms in total. The Kier molecular flexibility index (Phi) is 8.65. The van der Waals surface area contributed by atoms with Crippen molar-refractivity contribution >= 4 is 33.4 Å². The highest BCUT2D eigenvalue weighted by molar-refractivity contribution is 7.16. The van der Waals surface area contributed by atoms with Crippen LogP contribution in [0, 0.1) is 6.92 Å². The van der Waals surface area contributed by atoms with E-state index in [1.165, 1.54) is 11.3 Å². The summed E-state index contributed by atoms with van der Waals surface area (Å²) in [6, 6.07) is 37.6. The Morgan fingerprint density at radius 3 is 1.90 bits per heavy atom. The Hall–Kier alpha value is -6.20. The highest BCUT2D eigenvalue weighted by Gasteiger charge is 2.40. The Bertz CT molecular complexity index is 2220. The molecule has 0 spiro atoms. The monoisotopic (exact) mass is 665 g/mol. The number of hydrogen-bond donors (Lipinski definition) is 3. The molecule has 0 atom stereocenters. The van der Waals surface area contributed by atoms with Crippen LogP contribution in [0.25, 0.3) is 10.2 Å². The normalized spacial score (nSPS) is 11.4. The SMILES string of the molecule is Cc1csc2nc(C(=O)NCc3cccc(CNC(=O)c4ncn(C(c5ccccc5)(c5ccccc5)c5ccccc5)n4)c3)[nH]c(=O)c12. The lowest BCUT2D eigenvalue weighted by atomic mass is 9.77.